The molecule has 3 rings (SSSR count). The summed E-state index contributed by atoms with van der Waals surface area (Å²) in [6.07, 6.45) is 8.13. The Kier molecular flexibility index (Phi) is 3.71. The van der Waals surface area contributed by atoms with Gasteiger partial charge in [-0.1, -0.05) is 25.7 Å². The van der Waals surface area contributed by atoms with Crippen LogP contribution in [0.2, 0.25) is 0 Å². The molecular weight excluding hydrogens is 256 g/mol. The fourth-order valence-electron chi connectivity index (χ4n) is 4.17. The molecule has 3 unspecified atom stereocenters. The van der Waals surface area contributed by atoms with Crippen LogP contribution in [0, 0.1) is 5.92 Å². The van der Waals surface area contributed by atoms with Gasteiger partial charge >= 0.3 is 5.97 Å². The predicted molar refractivity (Wildman–Crippen MR) is 74.3 cm³/mol. The Balaban J connectivity index is 1.69. The number of fused-ring (bicyclic) bond motifs is 2. The maximum Gasteiger partial charge on any atom is 0.329 e. The standard InChI is InChI=1S/C15H24N2O3/c18-13(11-9-10-5-6-12(11)16-10)17-15(14(19)20)7-3-1-2-4-8-15/h10-12,16H,1-9H2,(H,17,18)(H,19,20). The Hall–Kier alpha value is -1.10. The summed E-state index contributed by atoms with van der Waals surface area (Å²) in [4.78, 5) is 24.2. The summed E-state index contributed by atoms with van der Waals surface area (Å²) in [6, 6.07) is 0.724. The maximum atomic E-state index is 12.5. The fourth-order valence-corrected chi connectivity index (χ4v) is 4.17. The van der Waals surface area contributed by atoms with Gasteiger partial charge in [-0.15, -0.1) is 0 Å². The minimum atomic E-state index is -1.02. The molecule has 5 heteroatoms. The van der Waals surface area contributed by atoms with Crippen molar-refractivity contribution in [1.29, 1.82) is 0 Å². The van der Waals surface area contributed by atoms with E-state index in [1.165, 1.54) is 0 Å². The minimum Gasteiger partial charge on any atom is -0.480 e. The van der Waals surface area contributed by atoms with Crippen LogP contribution in [0.15, 0.2) is 0 Å². The molecule has 3 aliphatic rings. The highest BCUT2D eigenvalue weighted by atomic mass is 16.4. The summed E-state index contributed by atoms with van der Waals surface area (Å²) >= 11 is 0. The van der Waals surface area contributed by atoms with Gasteiger partial charge in [-0.3, -0.25) is 4.79 Å². The van der Waals surface area contributed by atoms with Crippen LogP contribution in [0.4, 0.5) is 0 Å². The molecular formula is C15H24N2O3. The number of hydrogen-bond donors (Lipinski definition) is 3. The minimum absolute atomic E-state index is 0.0340. The predicted octanol–water partition coefficient (Wildman–Crippen LogP) is 1.42. The molecule has 3 atom stereocenters. The number of nitrogens with one attached hydrogen (secondary N) is 2. The van der Waals surface area contributed by atoms with E-state index in [1.54, 1.807) is 0 Å². The average Bonchev–Trinajstić information content (AvgIpc) is 2.97. The van der Waals surface area contributed by atoms with Crippen LogP contribution < -0.4 is 10.6 Å². The molecule has 20 heavy (non-hydrogen) atoms. The zero-order valence-corrected chi connectivity index (χ0v) is 11.9. The molecule has 0 radical (unpaired) electrons. The first kappa shape index (κ1) is 13.9. The first-order valence-corrected chi connectivity index (χ1v) is 7.92. The Bertz CT molecular complexity index is 402. The van der Waals surface area contributed by atoms with Crippen LogP contribution in [-0.2, 0) is 9.59 Å². The second kappa shape index (κ2) is 5.35. The number of rotatable bonds is 3. The van der Waals surface area contributed by atoms with Gasteiger partial charge in [-0.05, 0) is 32.1 Å². The lowest BCUT2D eigenvalue weighted by molar-refractivity contribution is -0.149. The smallest absolute Gasteiger partial charge is 0.329 e. The first-order valence-electron chi connectivity index (χ1n) is 7.92. The number of carbonyl (C=O) groups is 2. The Labute approximate surface area is 119 Å². The fraction of sp³-hybridized carbons (Fsp3) is 0.867. The van der Waals surface area contributed by atoms with Gasteiger partial charge in [0.1, 0.15) is 5.54 Å². The highest BCUT2D eigenvalue weighted by Crippen LogP contribution is 2.35. The van der Waals surface area contributed by atoms with Crippen LogP contribution in [-0.4, -0.2) is 34.6 Å². The maximum absolute atomic E-state index is 12.5. The molecule has 5 nitrogen and oxygen atoms in total. The van der Waals surface area contributed by atoms with E-state index in [9.17, 15) is 14.7 Å². The number of carboxylic acid groups (broad SMARTS) is 1. The molecule has 2 aliphatic heterocycles. The third kappa shape index (κ3) is 2.43. The SMILES string of the molecule is O=C(NC1(C(=O)O)CCCCCC1)C1CC2CCC1N2. The van der Waals surface area contributed by atoms with Crippen molar-refractivity contribution in [2.75, 3.05) is 0 Å². The van der Waals surface area contributed by atoms with Crippen LogP contribution in [0.3, 0.4) is 0 Å². The quantitative estimate of drug-likeness (QED) is 0.683. The zero-order chi connectivity index (χ0) is 14.2. The van der Waals surface area contributed by atoms with Gasteiger partial charge in [0, 0.05) is 12.1 Å². The third-order valence-corrected chi connectivity index (χ3v) is 5.37. The van der Waals surface area contributed by atoms with Gasteiger partial charge in [0.25, 0.3) is 0 Å². The van der Waals surface area contributed by atoms with E-state index in [1.807, 2.05) is 0 Å². The summed E-state index contributed by atoms with van der Waals surface area (Å²) in [6.45, 7) is 0. The van der Waals surface area contributed by atoms with Crippen LogP contribution in [0.1, 0.15) is 57.8 Å². The number of aliphatic carboxylic acids is 1. The molecule has 0 aromatic heterocycles. The highest BCUT2D eigenvalue weighted by molar-refractivity contribution is 5.88. The normalized spacial score (nSPS) is 35.5. The monoisotopic (exact) mass is 280 g/mol. The van der Waals surface area contributed by atoms with Gasteiger partial charge in [-0.2, -0.15) is 0 Å². The molecule has 1 amide bonds. The molecule has 3 fully saturated rings. The van der Waals surface area contributed by atoms with Crippen LogP contribution in [0.5, 0.6) is 0 Å². The van der Waals surface area contributed by atoms with E-state index in [-0.39, 0.29) is 17.9 Å². The topological polar surface area (TPSA) is 78.4 Å². The van der Waals surface area contributed by atoms with E-state index in [0.717, 1.165) is 44.9 Å². The summed E-state index contributed by atoms with van der Waals surface area (Å²) in [5.74, 6) is -0.939. The number of carbonyl (C=O) groups excluding carboxylic acids is 1. The van der Waals surface area contributed by atoms with Crippen molar-refractivity contribution in [3.63, 3.8) is 0 Å². The molecule has 0 aromatic carbocycles. The second-order valence-corrected chi connectivity index (χ2v) is 6.68. The van der Waals surface area contributed by atoms with Crippen molar-refractivity contribution in [3.05, 3.63) is 0 Å². The van der Waals surface area contributed by atoms with Crippen molar-refractivity contribution in [3.8, 4) is 0 Å². The van der Waals surface area contributed by atoms with Gasteiger partial charge in [0.05, 0.1) is 5.92 Å². The molecule has 3 N–H and O–H groups in total. The van der Waals surface area contributed by atoms with E-state index in [0.29, 0.717) is 18.9 Å². The Morgan fingerprint density at radius 2 is 1.80 bits per heavy atom. The Morgan fingerprint density at radius 1 is 1.10 bits per heavy atom. The summed E-state index contributed by atoms with van der Waals surface area (Å²) in [5.41, 5.74) is -1.02. The number of hydrogen-bond acceptors (Lipinski definition) is 3. The molecule has 1 saturated carbocycles. The third-order valence-electron chi connectivity index (χ3n) is 5.37. The van der Waals surface area contributed by atoms with E-state index in [2.05, 4.69) is 10.6 Å². The first-order chi connectivity index (χ1) is 9.61. The highest BCUT2D eigenvalue weighted by Gasteiger charge is 2.46. The van der Waals surface area contributed by atoms with Crippen LogP contribution in [0.25, 0.3) is 0 Å². The summed E-state index contributed by atoms with van der Waals surface area (Å²) in [5, 5.41) is 16.0. The molecule has 2 bridgehead atoms. The molecule has 2 saturated heterocycles. The van der Waals surface area contributed by atoms with Gasteiger partial charge < -0.3 is 15.7 Å². The van der Waals surface area contributed by atoms with Crippen molar-refractivity contribution in [2.45, 2.75) is 75.4 Å². The van der Waals surface area contributed by atoms with Crippen LogP contribution >= 0.6 is 0 Å². The van der Waals surface area contributed by atoms with Gasteiger partial charge in [0.15, 0.2) is 0 Å². The van der Waals surface area contributed by atoms with Crippen molar-refractivity contribution in [2.24, 2.45) is 5.92 Å². The van der Waals surface area contributed by atoms with E-state index in [4.69, 9.17) is 0 Å². The lowest BCUT2D eigenvalue weighted by Crippen LogP contribution is -2.56. The van der Waals surface area contributed by atoms with Gasteiger partial charge in [-0.25, -0.2) is 4.79 Å². The summed E-state index contributed by atoms with van der Waals surface area (Å²) < 4.78 is 0. The molecule has 1 aliphatic carbocycles. The lowest BCUT2D eigenvalue weighted by atomic mass is 9.85. The van der Waals surface area contributed by atoms with Crippen molar-refractivity contribution >= 4 is 11.9 Å². The molecule has 0 aromatic rings. The number of carboxylic acids is 1. The molecule has 0 spiro atoms. The lowest BCUT2D eigenvalue weighted by Gasteiger charge is -2.32. The Morgan fingerprint density at radius 3 is 2.30 bits per heavy atom. The second-order valence-electron chi connectivity index (χ2n) is 6.68. The van der Waals surface area contributed by atoms with Crippen molar-refractivity contribution < 1.29 is 14.7 Å². The molecule has 2 heterocycles. The van der Waals surface area contributed by atoms with Gasteiger partial charge in [0.2, 0.25) is 5.91 Å². The largest absolute Gasteiger partial charge is 0.480 e. The van der Waals surface area contributed by atoms with Crippen molar-refractivity contribution in [1.82, 2.24) is 10.6 Å². The molecule has 112 valence electrons. The number of amides is 1. The average molecular weight is 280 g/mol. The zero-order valence-electron chi connectivity index (χ0n) is 11.9. The van der Waals surface area contributed by atoms with E-state index >= 15 is 0 Å². The summed E-state index contributed by atoms with van der Waals surface area (Å²) in [7, 11) is 0. The van der Waals surface area contributed by atoms with E-state index < -0.39 is 11.5 Å².